The molecule has 0 unspecified atom stereocenters. The second-order valence-electron chi connectivity index (χ2n) is 2.63. The topological polar surface area (TPSA) is 12.9 Å². The van der Waals surface area contributed by atoms with Crippen molar-refractivity contribution in [2.24, 2.45) is 0 Å². The third-order valence-corrected chi connectivity index (χ3v) is 3.00. The number of nitrogens with zero attached hydrogens (tertiary/aromatic N) is 1. The summed E-state index contributed by atoms with van der Waals surface area (Å²) >= 11 is 7.28. The molecule has 0 aliphatic heterocycles. The van der Waals surface area contributed by atoms with Crippen molar-refractivity contribution in [1.29, 1.82) is 0 Å². The lowest BCUT2D eigenvalue weighted by Crippen LogP contribution is -1.78. The molecule has 0 saturated heterocycles. The molecular formula is C10H9Cl2NS. The first-order valence-electron chi connectivity index (χ1n) is 3.96. The maximum atomic E-state index is 5.68. The van der Waals surface area contributed by atoms with Gasteiger partial charge >= 0.3 is 0 Å². The number of benzene rings is 1. The molecule has 0 amide bonds. The SMILES string of the molecule is Cl.ClCc1nc(-c2ccccc2)cs1. The molecule has 0 spiro atoms. The zero-order chi connectivity index (χ0) is 9.10. The molecule has 0 aliphatic carbocycles. The molecule has 0 radical (unpaired) electrons. The van der Waals surface area contributed by atoms with Crippen LogP contribution in [0.25, 0.3) is 11.3 Å². The van der Waals surface area contributed by atoms with Crippen LogP contribution < -0.4 is 0 Å². The van der Waals surface area contributed by atoms with Gasteiger partial charge in [-0.2, -0.15) is 0 Å². The van der Waals surface area contributed by atoms with E-state index in [0.717, 1.165) is 16.3 Å². The van der Waals surface area contributed by atoms with Crippen LogP contribution in [-0.4, -0.2) is 4.98 Å². The largest absolute Gasteiger partial charge is 0.240 e. The van der Waals surface area contributed by atoms with Gasteiger partial charge < -0.3 is 0 Å². The molecule has 1 aromatic carbocycles. The number of aromatic nitrogens is 1. The highest BCUT2D eigenvalue weighted by Gasteiger charge is 2.01. The van der Waals surface area contributed by atoms with Crippen LogP contribution >= 0.6 is 35.3 Å². The lowest BCUT2D eigenvalue weighted by atomic mass is 10.2. The predicted octanol–water partition coefficient (Wildman–Crippen LogP) is 3.97. The van der Waals surface area contributed by atoms with E-state index in [1.807, 2.05) is 35.7 Å². The molecule has 74 valence electrons. The van der Waals surface area contributed by atoms with E-state index in [4.69, 9.17) is 11.6 Å². The number of rotatable bonds is 2. The van der Waals surface area contributed by atoms with Gasteiger partial charge in [-0.05, 0) is 0 Å². The van der Waals surface area contributed by atoms with Gasteiger partial charge in [0.05, 0.1) is 11.6 Å². The first kappa shape index (κ1) is 11.5. The van der Waals surface area contributed by atoms with Gasteiger partial charge in [-0.3, -0.25) is 0 Å². The second kappa shape index (κ2) is 5.35. The molecule has 0 fully saturated rings. The summed E-state index contributed by atoms with van der Waals surface area (Å²) in [5, 5.41) is 3.01. The van der Waals surface area contributed by atoms with Crippen molar-refractivity contribution in [2.75, 3.05) is 0 Å². The van der Waals surface area contributed by atoms with Crippen LogP contribution in [0.4, 0.5) is 0 Å². The molecule has 1 aromatic heterocycles. The summed E-state index contributed by atoms with van der Waals surface area (Å²) in [6, 6.07) is 10.1. The fraction of sp³-hybridized carbons (Fsp3) is 0.100. The van der Waals surface area contributed by atoms with Gasteiger partial charge in [0.1, 0.15) is 5.01 Å². The summed E-state index contributed by atoms with van der Waals surface area (Å²) in [5.41, 5.74) is 2.16. The van der Waals surface area contributed by atoms with Gasteiger partial charge in [-0.1, -0.05) is 30.3 Å². The second-order valence-corrected chi connectivity index (χ2v) is 3.84. The normalized spacial score (nSPS) is 9.50. The Labute approximate surface area is 98.2 Å². The van der Waals surface area contributed by atoms with Crippen molar-refractivity contribution in [3.8, 4) is 11.3 Å². The summed E-state index contributed by atoms with van der Waals surface area (Å²) in [7, 11) is 0. The zero-order valence-electron chi connectivity index (χ0n) is 7.31. The summed E-state index contributed by atoms with van der Waals surface area (Å²) < 4.78 is 0. The van der Waals surface area contributed by atoms with Gasteiger partial charge in [0.15, 0.2) is 0 Å². The van der Waals surface area contributed by atoms with Gasteiger partial charge in [0, 0.05) is 10.9 Å². The molecule has 2 aromatic rings. The van der Waals surface area contributed by atoms with E-state index in [-0.39, 0.29) is 12.4 Å². The summed E-state index contributed by atoms with van der Waals surface area (Å²) in [6.45, 7) is 0. The number of hydrogen-bond donors (Lipinski definition) is 0. The van der Waals surface area contributed by atoms with E-state index >= 15 is 0 Å². The summed E-state index contributed by atoms with van der Waals surface area (Å²) in [4.78, 5) is 4.39. The van der Waals surface area contributed by atoms with Crippen molar-refractivity contribution in [1.82, 2.24) is 4.98 Å². The maximum Gasteiger partial charge on any atom is 0.108 e. The highest BCUT2D eigenvalue weighted by molar-refractivity contribution is 7.10. The van der Waals surface area contributed by atoms with Crippen molar-refractivity contribution in [3.63, 3.8) is 0 Å². The molecule has 0 bridgehead atoms. The third kappa shape index (κ3) is 2.47. The lowest BCUT2D eigenvalue weighted by Gasteiger charge is -1.93. The zero-order valence-corrected chi connectivity index (χ0v) is 9.70. The Balaban J connectivity index is 0.000000980. The molecule has 2 rings (SSSR count). The standard InChI is InChI=1S/C10H8ClNS.ClH/c11-6-10-12-9(7-13-10)8-4-2-1-3-5-8;/h1-5,7H,6H2;1H. The Morgan fingerprint density at radius 2 is 1.93 bits per heavy atom. The number of alkyl halides is 1. The Hall–Kier alpha value is -0.570. The van der Waals surface area contributed by atoms with Gasteiger partial charge in [-0.15, -0.1) is 35.3 Å². The van der Waals surface area contributed by atoms with E-state index in [1.54, 1.807) is 11.3 Å². The van der Waals surface area contributed by atoms with Crippen LogP contribution in [0.2, 0.25) is 0 Å². The fourth-order valence-corrected chi connectivity index (χ4v) is 2.01. The first-order valence-corrected chi connectivity index (χ1v) is 5.37. The minimum absolute atomic E-state index is 0. The van der Waals surface area contributed by atoms with Gasteiger partial charge in [0.2, 0.25) is 0 Å². The molecule has 4 heteroatoms. The van der Waals surface area contributed by atoms with Crippen molar-refractivity contribution in [3.05, 3.63) is 40.7 Å². The Morgan fingerprint density at radius 3 is 2.50 bits per heavy atom. The Kier molecular flexibility index (Phi) is 4.39. The van der Waals surface area contributed by atoms with Crippen molar-refractivity contribution in [2.45, 2.75) is 5.88 Å². The number of hydrogen-bond acceptors (Lipinski definition) is 2. The van der Waals surface area contributed by atoms with E-state index < -0.39 is 0 Å². The van der Waals surface area contributed by atoms with Crippen LogP contribution in [0.3, 0.4) is 0 Å². The Bertz CT molecular complexity index is 386. The minimum Gasteiger partial charge on any atom is -0.240 e. The van der Waals surface area contributed by atoms with E-state index in [2.05, 4.69) is 4.98 Å². The molecule has 1 nitrogen and oxygen atoms in total. The quantitative estimate of drug-likeness (QED) is 0.730. The fourth-order valence-electron chi connectivity index (χ4n) is 1.11. The molecule has 0 atom stereocenters. The van der Waals surface area contributed by atoms with Gasteiger partial charge in [0.25, 0.3) is 0 Å². The van der Waals surface area contributed by atoms with Crippen molar-refractivity contribution >= 4 is 35.3 Å². The molecule has 1 heterocycles. The monoisotopic (exact) mass is 245 g/mol. The summed E-state index contributed by atoms with van der Waals surface area (Å²) in [6.07, 6.45) is 0. The highest BCUT2D eigenvalue weighted by atomic mass is 35.5. The minimum atomic E-state index is 0. The first-order chi connectivity index (χ1) is 6.40. The van der Waals surface area contributed by atoms with Gasteiger partial charge in [-0.25, -0.2) is 4.98 Å². The van der Waals surface area contributed by atoms with Crippen molar-refractivity contribution < 1.29 is 0 Å². The molecule has 14 heavy (non-hydrogen) atoms. The average Bonchev–Trinajstić information content (AvgIpc) is 2.67. The smallest absolute Gasteiger partial charge is 0.108 e. The predicted molar refractivity (Wildman–Crippen MR) is 64.4 cm³/mol. The molecule has 0 saturated carbocycles. The van der Waals surface area contributed by atoms with E-state index in [9.17, 15) is 0 Å². The lowest BCUT2D eigenvalue weighted by molar-refractivity contribution is 1.26. The Morgan fingerprint density at radius 1 is 1.21 bits per heavy atom. The number of halogens is 2. The third-order valence-electron chi connectivity index (χ3n) is 1.74. The van der Waals surface area contributed by atoms with Crippen LogP contribution in [0.15, 0.2) is 35.7 Å². The average molecular weight is 246 g/mol. The summed E-state index contributed by atoms with van der Waals surface area (Å²) in [5.74, 6) is 0.498. The molecular weight excluding hydrogens is 237 g/mol. The number of thiazole rings is 1. The van der Waals surface area contributed by atoms with Crippen LogP contribution in [0.1, 0.15) is 5.01 Å². The molecule has 0 N–H and O–H groups in total. The van der Waals surface area contributed by atoms with E-state index in [0.29, 0.717) is 5.88 Å². The van der Waals surface area contributed by atoms with Crippen LogP contribution in [0.5, 0.6) is 0 Å². The maximum absolute atomic E-state index is 5.68. The highest BCUT2D eigenvalue weighted by Crippen LogP contribution is 2.22. The van der Waals surface area contributed by atoms with E-state index in [1.165, 1.54) is 0 Å². The van der Waals surface area contributed by atoms with Crippen LogP contribution in [0, 0.1) is 0 Å². The van der Waals surface area contributed by atoms with Crippen LogP contribution in [-0.2, 0) is 5.88 Å². The molecule has 0 aliphatic rings.